The Bertz CT molecular complexity index is 414. The van der Waals surface area contributed by atoms with Gasteiger partial charge >= 0.3 is 0 Å². The highest BCUT2D eigenvalue weighted by atomic mass is 35.5. The molecule has 1 N–H and O–H groups in total. The topological polar surface area (TPSA) is 44.0 Å². The summed E-state index contributed by atoms with van der Waals surface area (Å²) in [6.45, 7) is 2.05. The van der Waals surface area contributed by atoms with E-state index >= 15 is 0 Å². The minimum atomic E-state index is -0.655. The number of aliphatic hydroxyl groups excluding tert-OH is 1. The fourth-order valence-electron chi connectivity index (χ4n) is 1.67. The van der Waals surface area contributed by atoms with E-state index in [0.29, 0.717) is 22.0 Å². The first-order valence-electron chi connectivity index (χ1n) is 5.62. The summed E-state index contributed by atoms with van der Waals surface area (Å²) < 4.78 is 0. The van der Waals surface area contributed by atoms with Gasteiger partial charge in [0.1, 0.15) is 0 Å². The molecule has 2 nitrogen and oxygen atoms in total. The average Bonchev–Trinajstić information content (AvgIpc) is 2.32. The molecular weight excluding hydrogens is 257 g/mol. The van der Waals surface area contributed by atoms with Gasteiger partial charge in [0.15, 0.2) is 0 Å². The third kappa shape index (κ3) is 3.89. The maximum atomic E-state index is 9.96. The normalized spacial score (nSPS) is 14.1. The van der Waals surface area contributed by atoms with Crippen molar-refractivity contribution in [2.45, 2.75) is 38.2 Å². The first kappa shape index (κ1) is 14.3. The number of nitrogens with zero attached hydrogens (tertiary/aromatic N) is 1. The van der Waals surface area contributed by atoms with Crippen molar-refractivity contribution in [3.63, 3.8) is 0 Å². The molecule has 2 atom stereocenters. The molecule has 0 aromatic heterocycles. The van der Waals surface area contributed by atoms with Gasteiger partial charge in [0.25, 0.3) is 0 Å². The van der Waals surface area contributed by atoms with Gasteiger partial charge in [-0.05, 0) is 24.1 Å². The third-order valence-corrected chi connectivity index (χ3v) is 3.42. The molecule has 0 aliphatic carbocycles. The standard InChI is InChI=1S/C13H15Cl2NO/c1-2-3-4-13(17)10(8-16)9-5-6-11(14)12(15)7-9/h5-7,10,13,17H,2-4H2,1H3. The molecule has 0 aliphatic rings. The second-order valence-corrected chi connectivity index (χ2v) is 4.80. The van der Waals surface area contributed by atoms with E-state index in [2.05, 4.69) is 6.07 Å². The molecule has 1 rings (SSSR count). The molecule has 0 amide bonds. The maximum absolute atomic E-state index is 9.96. The Hall–Kier alpha value is -0.750. The number of hydrogen-bond donors (Lipinski definition) is 1. The van der Waals surface area contributed by atoms with Crippen LogP contribution in [0.15, 0.2) is 18.2 Å². The van der Waals surface area contributed by atoms with Crippen molar-refractivity contribution in [2.24, 2.45) is 0 Å². The van der Waals surface area contributed by atoms with Gasteiger partial charge < -0.3 is 5.11 Å². The van der Waals surface area contributed by atoms with Crippen LogP contribution < -0.4 is 0 Å². The molecular formula is C13H15Cl2NO. The van der Waals surface area contributed by atoms with Gasteiger partial charge in [0.05, 0.1) is 28.1 Å². The van der Waals surface area contributed by atoms with Crippen molar-refractivity contribution >= 4 is 23.2 Å². The predicted octanol–water partition coefficient (Wildman–Crippen LogP) is 4.15. The molecule has 0 saturated heterocycles. The summed E-state index contributed by atoms with van der Waals surface area (Å²) in [5, 5.41) is 19.9. The number of rotatable bonds is 5. The molecule has 92 valence electrons. The Kier molecular flexibility index (Phi) is 5.77. The van der Waals surface area contributed by atoms with E-state index < -0.39 is 12.0 Å². The minimum Gasteiger partial charge on any atom is -0.391 e. The van der Waals surface area contributed by atoms with Gasteiger partial charge in [-0.1, -0.05) is 49.0 Å². The lowest BCUT2D eigenvalue weighted by Gasteiger charge is -2.17. The molecule has 0 bridgehead atoms. The number of benzene rings is 1. The van der Waals surface area contributed by atoms with Gasteiger partial charge in [-0.3, -0.25) is 0 Å². The molecule has 0 saturated carbocycles. The van der Waals surface area contributed by atoms with Gasteiger partial charge in [-0.2, -0.15) is 5.26 Å². The van der Waals surface area contributed by atoms with Crippen LogP contribution in [0.3, 0.4) is 0 Å². The van der Waals surface area contributed by atoms with E-state index in [9.17, 15) is 5.11 Å². The lowest BCUT2D eigenvalue weighted by Crippen LogP contribution is -2.17. The van der Waals surface area contributed by atoms with E-state index in [1.807, 2.05) is 6.92 Å². The van der Waals surface area contributed by atoms with Crippen molar-refractivity contribution in [2.75, 3.05) is 0 Å². The molecule has 0 fully saturated rings. The van der Waals surface area contributed by atoms with E-state index in [1.165, 1.54) is 0 Å². The first-order chi connectivity index (χ1) is 8.10. The van der Waals surface area contributed by atoms with Crippen LogP contribution >= 0.6 is 23.2 Å². The second-order valence-electron chi connectivity index (χ2n) is 3.99. The Morgan fingerprint density at radius 2 is 2.06 bits per heavy atom. The fourth-order valence-corrected chi connectivity index (χ4v) is 1.98. The fraction of sp³-hybridized carbons (Fsp3) is 0.462. The highest BCUT2D eigenvalue weighted by molar-refractivity contribution is 6.42. The Morgan fingerprint density at radius 1 is 1.35 bits per heavy atom. The van der Waals surface area contributed by atoms with Crippen molar-refractivity contribution in [1.29, 1.82) is 5.26 Å². The van der Waals surface area contributed by atoms with Gasteiger partial charge in [0, 0.05) is 0 Å². The summed E-state index contributed by atoms with van der Waals surface area (Å²) in [6, 6.07) is 7.15. The lowest BCUT2D eigenvalue weighted by molar-refractivity contribution is 0.148. The Morgan fingerprint density at radius 3 is 2.59 bits per heavy atom. The SMILES string of the molecule is CCCCC(O)C(C#N)c1ccc(Cl)c(Cl)c1. The number of hydrogen-bond acceptors (Lipinski definition) is 2. The summed E-state index contributed by atoms with van der Waals surface area (Å²) in [7, 11) is 0. The molecule has 1 aromatic rings. The largest absolute Gasteiger partial charge is 0.391 e. The molecule has 0 radical (unpaired) electrons. The Labute approximate surface area is 112 Å². The second kappa shape index (κ2) is 6.86. The van der Waals surface area contributed by atoms with Crippen LogP contribution in [0.25, 0.3) is 0 Å². The number of nitriles is 1. The smallest absolute Gasteiger partial charge is 0.0972 e. The quantitative estimate of drug-likeness (QED) is 0.874. The van der Waals surface area contributed by atoms with Crippen molar-refractivity contribution in [3.05, 3.63) is 33.8 Å². The van der Waals surface area contributed by atoms with Crippen LogP contribution in [0.1, 0.15) is 37.7 Å². The van der Waals surface area contributed by atoms with Crippen molar-refractivity contribution < 1.29 is 5.11 Å². The zero-order chi connectivity index (χ0) is 12.8. The van der Waals surface area contributed by atoms with Gasteiger partial charge in [-0.15, -0.1) is 0 Å². The van der Waals surface area contributed by atoms with Crippen LogP contribution in [0.2, 0.25) is 10.0 Å². The summed E-state index contributed by atoms with van der Waals surface area (Å²) in [5.74, 6) is -0.545. The highest BCUT2D eigenvalue weighted by Crippen LogP contribution is 2.29. The maximum Gasteiger partial charge on any atom is 0.0972 e. The summed E-state index contributed by atoms with van der Waals surface area (Å²) in [5.41, 5.74) is 0.713. The number of aliphatic hydroxyl groups is 1. The predicted molar refractivity (Wildman–Crippen MR) is 70.3 cm³/mol. The first-order valence-corrected chi connectivity index (χ1v) is 6.38. The van der Waals surface area contributed by atoms with Crippen LogP contribution in [0, 0.1) is 11.3 Å². The van der Waals surface area contributed by atoms with Crippen LogP contribution in [-0.4, -0.2) is 11.2 Å². The molecule has 2 unspecified atom stereocenters. The molecule has 0 spiro atoms. The molecule has 0 aliphatic heterocycles. The zero-order valence-electron chi connectivity index (χ0n) is 9.66. The van der Waals surface area contributed by atoms with Crippen LogP contribution in [-0.2, 0) is 0 Å². The summed E-state index contributed by atoms with van der Waals surface area (Å²) in [6.07, 6.45) is 1.86. The summed E-state index contributed by atoms with van der Waals surface area (Å²) >= 11 is 11.7. The van der Waals surface area contributed by atoms with Crippen LogP contribution in [0.5, 0.6) is 0 Å². The van der Waals surface area contributed by atoms with E-state index in [4.69, 9.17) is 28.5 Å². The third-order valence-electron chi connectivity index (χ3n) is 2.68. The van der Waals surface area contributed by atoms with Crippen LogP contribution in [0.4, 0.5) is 0 Å². The molecule has 17 heavy (non-hydrogen) atoms. The molecule has 4 heteroatoms. The average molecular weight is 272 g/mol. The highest BCUT2D eigenvalue weighted by Gasteiger charge is 2.20. The monoisotopic (exact) mass is 271 g/mol. The number of unbranched alkanes of at least 4 members (excludes halogenated alkanes) is 1. The lowest BCUT2D eigenvalue weighted by atomic mass is 9.92. The van der Waals surface area contributed by atoms with Crippen molar-refractivity contribution in [3.8, 4) is 6.07 Å². The summed E-state index contributed by atoms with van der Waals surface area (Å²) in [4.78, 5) is 0. The van der Waals surface area contributed by atoms with E-state index in [1.54, 1.807) is 18.2 Å². The molecule has 1 aromatic carbocycles. The van der Waals surface area contributed by atoms with E-state index in [-0.39, 0.29) is 0 Å². The van der Waals surface area contributed by atoms with Gasteiger partial charge in [0.2, 0.25) is 0 Å². The minimum absolute atomic E-state index is 0.409. The Balaban J connectivity index is 2.86. The van der Waals surface area contributed by atoms with Crippen molar-refractivity contribution in [1.82, 2.24) is 0 Å². The molecule has 0 heterocycles. The van der Waals surface area contributed by atoms with E-state index in [0.717, 1.165) is 12.8 Å². The van der Waals surface area contributed by atoms with Gasteiger partial charge in [-0.25, -0.2) is 0 Å². The number of halogens is 2. The zero-order valence-corrected chi connectivity index (χ0v) is 11.2.